The van der Waals surface area contributed by atoms with Gasteiger partial charge in [0.2, 0.25) is 0 Å². The Hall–Kier alpha value is -2.22. The first kappa shape index (κ1) is 65.8. The number of unbranched alkanes of at least 4 members (excludes halogenated alkanes) is 23. The van der Waals surface area contributed by atoms with Crippen molar-refractivity contribution in [2.75, 3.05) is 19.8 Å². The van der Waals surface area contributed by atoms with Gasteiger partial charge >= 0.3 is 13.8 Å². The van der Waals surface area contributed by atoms with E-state index in [2.05, 4.69) is 86.8 Å². The van der Waals surface area contributed by atoms with E-state index in [0.29, 0.717) is 13.0 Å². The van der Waals surface area contributed by atoms with Gasteiger partial charge in [-0.05, 0) is 83.5 Å². The van der Waals surface area contributed by atoms with Gasteiger partial charge in [0.25, 0.3) is 0 Å². The monoisotopic (exact) mass is 1010 g/mol. The summed E-state index contributed by atoms with van der Waals surface area (Å²) in [5.41, 5.74) is 0. The zero-order valence-electron chi connectivity index (χ0n) is 43.8. The number of aliphatic hydroxyl groups excluding tert-OH is 5. The quantitative estimate of drug-likeness (QED) is 0.0147. The van der Waals surface area contributed by atoms with Crippen LogP contribution in [-0.2, 0) is 27.9 Å². The number of phosphoric acid groups is 1. The highest BCUT2D eigenvalue weighted by Gasteiger charge is 2.51. The molecule has 0 amide bonds. The second-order valence-corrected chi connectivity index (χ2v) is 20.5. The van der Waals surface area contributed by atoms with Crippen molar-refractivity contribution in [3.63, 3.8) is 0 Å². The molecular weight excluding hydrogens is 908 g/mol. The van der Waals surface area contributed by atoms with Crippen molar-refractivity contribution in [2.24, 2.45) is 0 Å². The second kappa shape index (κ2) is 46.6. The highest BCUT2D eigenvalue weighted by Crippen LogP contribution is 2.47. The molecule has 406 valence electrons. The number of hydrogen-bond donors (Lipinski definition) is 6. The normalized spacial score (nSPS) is 21.4. The number of phosphoric ester groups is 1. The van der Waals surface area contributed by atoms with Crippen molar-refractivity contribution >= 4 is 13.8 Å². The molecule has 6 N–H and O–H groups in total. The maximum absolute atomic E-state index is 12.9. The van der Waals surface area contributed by atoms with E-state index in [4.69, 9.17) is 18.5 Å². The zero-order chi connectivity index (χ0) is 51.2. The lowest BCUT2D eigenvalue weighted by molar-refractivity contribution is -0.220. The molecule has 0 bridgehead atoms. The lowest BCUT2D eigenvalue weighted by atomic mass is 9.85. The highest BCUT2D eigenvalue weighted by atomic mass is 31.2. The standard InChI is InChI=1S/C57H101O12P/c1-3-5-7-9-11-13-15-17-19-21-23-25-26-27-28-30-32-34-36-38-40-42-44-46-51(58)68-50(49-67-70(64,65)69-57-55(62)53(60)52(59)54(61)56(57)63)48-66-47-45-43-41-39-37-35-33-31-29-24-22-20-18-16-14-12-10-8-6-4-2/h5,7,11,13,17-20,23,25,27-28,50,52-57,59-63H,3-4,6,8-10,12,14-16,21-22,24,26,29-49H2,1-2H3,(H,64,65)/b7-5-,13-11-,19-17-,20-18-,25-23-,28-27-. The fourth-order valence-electron chi connectivity index (χ4n) is 8.20. The van der Waals surface area contributed by atoms with Crippen molar-refractivity contribution in [2.45, 2.75) is 262 Å². The summed E-state index contributed by atoms with van der Waals surface area (Å²) in [6.07, 6.45) is 49.6. The van der Waals surface area contributed by atoms with Gasteiger partial charge in [-0.25, -0.2) is 4.57 Å². The Balaban J connectivity index is 2.32. The van der Waals surface area contributed by atoms with Crippen LogP contribution in [0.1, 0.15) is 219 Å². The van der Waals surface area contributed by atoms with Crippen molar-refractivity contribution in [1.82, 2.24) is 0 Å². The number of allylic oxidation sites excluding steroid dienone is 12. The molecule has 12 nitrogen and oxygen atoms in total. The van der Waals surface area contributed by atoms with E-state index in [0.717, 1.165) is 96.3 Å². The molecule has 0 aromatic heterocycles. The summed E-state index contributed by atoms with van der Waals surface area (Å²) >= 11 is 0. The summed E-state index contributed by atoms with van der Waals surface area (Å²) in [6, 6.07) is 0. The molecule has 0 aromatic carbocycles. The highest BCUT2D eigenvalue weighted by molar-refractivity contribution is 7.47. The van der Waals surface area contributed by atoms with Crippen molar-refractivity contribution in [1.29, 1.82) is 0 Å². The Bertz CT molecular complexity index is 1430. The summed E-state index contributed by atoms with van der Waals surface area (Å²) in [5, 5.41) is 50.4. The van der Waals surface area contributed by atoms with Gasteiger partial charge < -0.3 is 39.9 Å². The molecular formula is C57H101O12P. The smallest absolute Gasteiger partial charge is 0.457 e. The number of esters is 1. The number of hydrogen-bond acceptors (Lipinski definition) is 11. The molecule has 6 atom stereocenters. The number of rotatable bonds is 47. The molecule has 13 heteroatoms. The maximum Gasteiger partial charge on any atom is 0.472 e. The molecule has 0 spiro atoms. The zero-order valence-corrected chi connectivity index (χ0v) is 44.7. The molecule has 0 aliphatic heterocycles. The predicted molar refractivity (Wildman–Crippen MR) is 285 cm³/mol. The number of carbonyl (C=O) groups excluding carboxylic acids is 1. The first-order valence-electron chi connectivity index (χ1n) is 27.8. The van der Waals surface area contributed by atoms with E-state index in [9.17, 15) is 39.8 Å². The van der Waals surface area contributed by atoms with Gasteiger partial charge in [0, 0.05) is 13.0 Å². The Morgan fingerprint density at radius 2 is 0.843 bits per heavy atom. The minimum atomic E-state index is -5.03. The fourth-order valence-corrected chi connectivity index (χ4v) is 9.17. The average Bonchev–Trinajstić information content (AvgIpc) is 3.35. The molecule has 70 heavy (non-hydrogen) atoms. The van der Waals surface area contributed by atoms with Gasteiger partial charge in [0.1, 0.15) is 42.7 Å². The van der Waals surface area contributed by atoms with Gasteiger partial charge in [-0.1, -0.05) is 202 Å². The summed E-state index contributed by atoms with van der Waals surface area (Å²) < 4.78 is 34.4. The van der Waals surface area contributed by atoms with E-state index in [1.165, 1.54) is 96.3 Å². The molecule has 1 aliphatic rings. The molecule has 1 rings (SSSR count). The molecule has 0 radical (unpaired) electrons. The van der Waals surface area contributed by atoms with E-state index in [1.54, 1.807) is 0 Å². The van der Waals surface area contributed by atoms with Crippen LogP contribution in [0.25, 0.3) is 0 Å². The molecule has 1 fully saturated rings. The van der Waals surface area contributed by atoms with Gasteiger partial charge in [-0.3, -0.25) is 13.8 Å². The minimum Gasteiger partial charge on any atom is -0.457 e. The summed E-state index contributed by atoms with van der Waals surface area (Å²) in [7, 11) is -5.03. The van der Waals surface area contributed by atoms with Gasteiger partial charge in [-0.15, -0.1) is 0 Å². The van der Waals surface area contributed by atoms with Crippen molar-refractivity contribution in [3.8, 4) is 0 Å². The molecule has 1 saturated carbocycles. The van der Waals surface area contributed by atoms with E-state index < -0.39 is 63.1 Å². The topological polar surface area (TPSA) is 192 Å². The van der Waals surface area contributed by atoms with Crippen LogP contribution in [0.15, 0.2) is 72.9 Å². The van der Waals surface area contributed by atoms with Gasteiger partial charge in [0.05, 0.1) is 13.2 Å². The third kappa shape index (κ3) is 37.5. The summed E-state index contributed by atoms with van der Waals surface area (Å²) in [6.45, 7) is 4.15. The lowest BCUT2D eigenvalue weighted by Gasteiger charge is -2.41. The SMILES string of the molecule is CC/C=C\C/C=C\C/C=C\C/C=C\C/C=C\CCCCCCCCCC(=O)OC(COCCCCCCCCCCCC/C=C\CCCCCCCC)COP(=O)(O)OC1C(O)C(O)C(O)C(O)C1O. The minimum absolute atomic E-state index is 0.0847. The van der Waals surface area contributed by atoms with E-state index in [-0.39, 0.29) is 13.0 Å². The number of ether oxygens (including phenoxy) is 2. The lowest BCUT2D eigenvalue weighted by Crippen LogP contribution is -2.64. The average molecular weight is 1010 g/mol. The molecule has 0 aromatic rings. The van der Waals surface area contributed by atoms with Gasteiger partial charge in [-0.2, -0.15) is 0 Å². The third-order valence-corrected chi connectivity index (χ3v) is 13.5. The third-order valence-electron chi connectivity index (χ3n) is 12.6. The summed E-state index contributed by atoms with van der Waals surface area (Å²) in [5.74, 6) is -0.489. The Morgan fingerprint density at radius 3 is 1.30 bits per heavy atom. The van der Waals surface area contributed by atoms with Crippen LogP contribution in [0.3, 0.4) is 0 Å². The van der Waals surface area contributed by atoms with Crippen molar-refractivity contribution in [3.05, 3.63) is 72.9 Å². The van der Waals surface area contributed by atoms with E-state index in [1.807, 2.05) is 0 Å². The fraction of sp³-hybridized carbons (Fsp3) is 0.772. The largest absolute Gasteiger partial charge is 0.472 e. The van der Waals surface area contributed by atoms with Crippen molar-refractivity contribution < 1.29 is 58.3 Å². The Labute approximate surface area is 425 Å². The maximum atomic E-state index is 12.9. The van der Waals surface area contributed by atoms with Crippen LogP contribution < -0.4 is 0 Å². The number of aliphatic hydroxyl groups is 5. The first-order chi connectivity index (χ1) is 34.0. The second-order valence-electron chi connectivity index (χ2n) is 19.0. The predicted octanol–water partition coefficient (Wildman–Crippen LogP) is 13.1. The molecule has 0 saturated heterocycles. The molecule has 1 aliphatic carbocycles. The van der Waals surface area contributed by atoms with Crippen LogP contribution in [0.2, 0.25) is 0 Å². The summed E-state index contributed by atoms with van der Waals surface area (Å²) in [4.78, 5) is 23.3. The molecule has 6 unspecified atom stereocenters. The van der Waals surface area contributed by atoms with E-state index >= 15 is 0 Å². The Kier molecular flexibility index (Phi) is 43.8. The van der Waals surface area contributed by atoms with Crippen LogP contribution in [0, 0.1) is 0 Å². The van der Waals surface area contributed by atoms with Crippen LogP contribution in [-0.4, -0.2) is 98.9 Å². The number of carbonyl (C=O) groups is 1. The Morgan fingerprint density at radius 1 is 0.471 bits per heavy atom. The van der Waals surface area contributed by atoms with Crippen LogP contribution >= 0.6 is 7.82 Å². The van der Waals surface area contributed by atoms with Gasteiger partial charge in [0.15, 0.2) is 0 Å². The first-order valence-corrected chi connectivity index (χ1v) is 29.3. The molecule has 0 heterocycles. The van der Waals surface area contributed by atoms with Crippen LogP contribution in [0.4, 0.5) is 0 Å². The van der Waals surface area contributed by atoms with Crippen LogP contribution in [0.5, 0.6) is 0 Å².